The van der Waals surface area contributed by atoms with Gasteiger partial charge >= 0.3 is 0 Å². The monoisotopic (exact) mass is 306 g/mol. The standard InChI is InChI=1S/C15H18N2O3S/c16-13(7-10-1-3-12(18)4-2-10)15(20)17-8-14(19)11-5-6-21-9-11/h1-6,9,13-14,18-19H,7-8,16H2,(H,17,20). The molecular weight excluding hydrogens is 288 g/mol. The van der Waals surface area contributed by atoms with Gasteiger partial charge in [0.05, 0.1) is 12.1 Å². The highest BCUT2D eigenvalue weighted by molar-refractivity contribution is 7.07. The van der Waals surface area contributed by atoms with Crippen LogP contribution in [-0.2, 0) is 11.2 Å². The smallest absolute Gasteiger partial charge is 0.237 e. The van der Waals surface area contributed by atoms with Gasteiger partial charge in [0.1, 0.15) is 5.75 Å². The highest BCUT2D eigenvalue weighted by atomic mass is 32.1. The molecule has 2 atom stereocenters. The van der Waals surface area contributed by atoms with Crippen LogP contribution in [0.5, 0.6) is 5.75 Å². The Balaban J connectivity index is 1.81. The molecule has 5 nitrogen and oxygen atoms in total. The molecule has 0 spiro atoms. The maximum Gasteiger partial charge on any atom is 0.237 e. The minimum atomic E-state index is -0.721. The van der Waals surface area contributed by atoms with Gasteiger partial charge in [0.2, 0.25) is 5.91 Å². The average Bonchev–Trinajstić information content (AvgIpc) is 3.01. The Morgan fingerprint density at radius 2 is 2.00 bits per heavy atom. The normalized spacial score (nSPS) is 13.6. The number of hydrogen-bond donors (Lipinski definition) is 4. The molecule has 2 rings (SSSR count). The van der Waals surface area contributed by atoms with Crippen LogP contribution in [0.3, 0.4) is 0 Å². The molecule has 0 saturated heterocycles. The maximum atomic E-state index is 11.9. The number of aromatic hydroxyl groups is 1. The molecule has 5 N–H and O–H groups in total. The van der Waals surface area contributed by atoms with Crippen LogP contribution in [0, 0.1) is 0 Å². The van der Waals surface area contributed by atoms with E-state index in [2.05, 4.69) is 5.32 Å². The Morgan fingerprint density at radius 1 is 1.29 bits per heavy atom. The molecule has 0 aliphatic carbocycles. The molecule has 1 amide bonds. The van der Waals surface area contributed by atoms with E-state index >= 15 is 0 Å². The number of phenolic OH excluding ortho intramolecular Hbond substituents is 1. The van der Waals surface area contributed by atoms with E-state index < -0.39 is 12.1 Å². The predicted molar refractivity (Wildman–Crippen MR) is 82.1 cm³/mol. The van der Waals surface area contributed by atoms with E-state index in [0.29, 0.717) is 6.42 Å². The zero-order chi connectivity index (χ0) is 15.2. The minimum Gasteiger partial charge on any atom is -0.508 e. The van der Waals surface area contributed by atoms with Gasteiger partial charge < -0.3 is 21.3 Å². The molecule has 112 valence electrons. The summed E-state index contributed by atoms with van der Waals surface area (Å²) in [7, 11) is 0. The third-order valence-corrected chi connectivity index (χ3v) is 3.83. The topological polar surface area (TPSA) is 95.6 Å². The summed E-state index contributed by atoms with van der Waals surface area (Å²) >= 11 is 1.49. The second-order valence-corrected chi connectivity index (χ2v) is 5.57. The van der Waals surface area contributed by atoms with Crippen molar-refractivity contribution in [1.82, 2.24) is 5.32 Å². The number of carbonyl (C=O) groups excluding carboxylic acids is 1. The third kappa shape index (κ3) is 4.56. The van der Waals surface area contributed by atoms with Crippen LogP contribution < -0.4 is 11.1 Å². The summed E-state index contributed by atoms with van der Waals surface area (Å²) in [4.78, 5) is 11.9. The van der Waals surface area contributed by atoms with Crippen LogP contribution in [0.15, 0.2) is 41.1 Å². The highest BCUT2D eigenvalue weighted by Crippen LogP contribution is 2.15. The minimum absolute atomic E-state index is 0.138. The van der Waals surface area contributed by atoms with Crippen LogP contribution in [-0.4, -0.2) is 28.7 Å². The van der Waals surface area contributed by atoms with E-state index in [0.717, 1.165) is 11.1 Å². The molecule has 1 heterocycles. The van der Waals surface area contributed by atoms with Gasteiger partial charge in [-0.25, -0.2) is 0 Å². The summed E-state index contributed by atoms with van der Waals surface area (Å²) in [5.41, 5.74) is 7.49. The molecule has 2 unspecified atom stereocenters. The number of amides is 1. The first-order chi connectivity index (χ1) is 10.1. The lowest BCUT2D eigenvalue weighted by molar-refractivity contribution is -0.122. The first-order valence-corrected chi connectivity index (χ1v) is 7.52. The second-order valence-electron chi connectivity index (χ2n) is 4.79. The van der Waals surface area contributed by atoms with Gasteiger partial charge in [-0.15, -0.1) is 0 Å². The summed E-state index contributed by atoms with van der Waals surface area (Å²) in [6.45, 7) is 0.138. The van der Waals surface area contributed by atoms with Gasteiger partial charge in [-0.3, -0.25) is 4.79 Å². The predicted octanol–water partition coefficient (Wildman–Crippen LogP) is 1.17. The van der Waals surface area contributed by atoms with E-state index in [1.54, 1.807) is 24.3 Å². The summed E-state index contributed by atoms with van der Waals surface area (Å²) in [5.74, 6) is -0.131. The Kier molecular flexibility index (Phi) is 5.32. The molecule has 21 heavy (non-hydrogen) atoms. The molecule has 0 radical (unpaired) electrons. The lowest BCUT2D eigenvalue weighted by Crippen LogP contribution is -2.43. The molecule has 0 aliphatic heterocycles. The van der Waals surface area contributed by atoms with Gasteiger partial charge in [0.15, 0.2) is 0 Å². The molecule has 1 aromatic heterocycles. The number of thiophene rings is 1. The quantitative estimate of drug-likeness (QED) is 0.644. The summed E-state index contributed by atoms with van der Waals surface area (Å²) in [6, 6.07) is 7.69. The fourth-order valence-electron chi connectivity index (χ4n) is 1.89. The number of phenols is 1. The van der Waals surface area contributed by atoms with Gasteiger partial charge in [0, 0.05) is 6.54 Å². The zero-order valence-corrected chi connectivity index (χ0v) is 12.2. The molecule has 2 aromatic rings. The van der Waals surface area contributed by atoms with Crippen molar-refractivity contribution < 1.29 is 15.0 Å². The number of nitrogens with two attached hydrogens (primary N) is 1. The largest absolute Gasteiger partial charge is 0.508 e. The van der Waals surface area contributed by atoms with Crippen molar-refractivity contribution >= 4 is 17.2 Å². The van der Waals surface area contributed by atoms with Crippen LogP contribution >= 0.6 is 11.3 Å². The fraction of sp³-hybridized carbons (Fsp3) is 0.267. The van der Waals surface area contributed by atoms with Crippen molar-refractivity contribution in [2.75, 3.05) is 6.54 Å². The number of aliphatic hydroxyl groups is 1. The van der Waals surface area contributed by atoms with Crippen molar-refractivity contribution in [2.24, 2.45) is 5.73 Å². The van der Waals surface area contributed by atoms with Gasteiger partial charge in [-0.1, -0.05) is 12.1 Å². The maximum absolute atomic E-state index is 11.9. The van der Waals surface area contributed by atoms with E-state index in [4.69, 9.17) is 5.73 Å². The van der Waals surface area contributed by atoms with Crippen molar-refractivity contribution in [2.45, 2.75) is 18.6 Å². The second kappa shape index (κ2) is 7.21. The molecule has 6 heteroatoms. The summed E-state index contributed by atoms with van der Waals surface area (Å²) in [6.07, 6.45) is -0.346. The van der Waals surface area contributed by atoms with E-state index in [-0.39, 0.29) is 18.2 Å². The number of hydrogen-bond acceptors (Lipinski definition) is 5. The number of rotatable bonds is 6. The van der Waals surface area contributed by atoms with Crippen molar-refractivity contribution in [1.29, 1.82) is 0 Å². The Bertz CT molecular complexity index is 569. The van der Waals surface area contributed by atoms with Crippen molar-refractivity contribution in [3.05, 3.63) is 52.2 Å². The van der Waals surface area contributed by atoms with Gasteiger partial charge in [0.25, 0.3) is 0 Å². The Morgan fingerprint density at radius 3 is 2.62 bits per heavy atom. The lowest BCUT2D eigenvalue weighted by atomic mass is 10.1. The number of nitrogens with one attached hydrogen (secondary N) is 1. The molecule has 0 bridgehead atoms. The van der Waals surface area contributed by atoms with Crippen LogP contribution in [0.25, 0.3) is 0 Å². The van der Waals surface area contributed by atoms with Gasteiger partial charge in [-0.05, 0) is 46.5 Å². The average molecular weight is 306 g/mol. The Labute approximate surface area is 127 Å². The van der Waals surface area contributed by atoms with E-state index in [1.165, 1.54) is 11.3 Å². The number of benzene rings is 1. The molecule has 1 aromatic carbocycles. The van der Waals surface area contributed by atoms with Crippen LogP contribution in [0.2, 0.25) is 0 Å². The number of aliphatic hydroxyl groups excluding tert-OH is 1. The molecule has 0 fully saturated rings. The Hall–Kier alpha value is -1.89. The first kappa shape index (κ1) is 15.5. The zero-order valence-electron chi connectivity index (χ0n) is 11.4. The lowest BCUT2D eigenvalue weighted by Gasteiger charge is -2.15. The highest BCUT2D eigenvalue weighted by Gasteiger charge is 2.16. The molecular formula is C15H18N2O3S. The molecule has 0 saturated carbocycles. The van der Waals surface area contributed by atoms with Crippen molar-refractivity contribution in [3.63, 3.8) is 0 Å². The third-order valence-electron chi connectivity index (χ3n) is 3.13. The van der Waals surface area contributed by atoms with E-state index in [1.807, 2.05) is 16.8 Å². The van der Waals surface area contributed by atoms with Crippen LogP contribution in [0.1, 0.15) is 17.2 Å². The summed E-state index contributed by atoms with van der Waals surface area (Å²) < 4.78 is 0. The van der Waals surface area contributed by atoms with E-state index in [9.17, 15) is 15.0 Å². The van der Waals surface area contributed by atoms with Crippen LogP contribution in [0.4, 0.5) is 0 Å². The number of carbonyl (C=O) groups is 1. The fourth-order valence-corrected chi connectivity index (χ4v) is 2.60. The van der Waals surface area contributed by atoms with Crippen molar-refractivity contribution in [3.8, 4) is 5.75 Å². The SMILES string of the molecule is NC(Cc1ccc(O)cc1)C(=O)NCC(O)c1ccsc1. The molecule has 0 aliphatic rings. The van der Waals surface area contributed by atoms with Gasteiger partial charge in [-0.2, -0.15) is 11.3 Å². The summed E-state index contributed by atoms with van der Waals surface area (Å²) in [5, 5.41) is 25.4. The first-order valence-electron chi connectivity index (χ1n) is 6.57.